The summed E-state index contributed by atoms with van der Waals surface area (Å²) >= 11 is 5.81. The molecule has 0 atom stereocenters. The van der Waals surface area contributed by atoms with Crippen LogP contribution in [0, 0.1) is 20.8 Å². The summed E-state index contributed by atoms with van der Waals surface area (Å²) < 4.78 is 5.82. The number of hydrogen-bond donors (Lipinski definition) is 1. The predicted molar refractivity (Wildman–Crippen MR) is 108 cm³/mol. The van der Waals surface area contributed by atoms with Gasteiger partial charge < -0.3 is 28.3 Å². The number of nitrogens with one attached hydrogen (secondary N) is 1. The molecule has 3 rings (SSSR count). The summed E-state index contributed by atoms with van der Waals surface area (Å²) in [4.78, 5) is 32.6. The fourth-order valence-corrected chi connectivity index (χ4v) is 2.28. The molecule has 148 valence electrons. The normalized spacial score (nSPS) is 9.90. The van der Waals surface area contributed by atoms with Crippen molar-refractivity contribution >= 4 is 23.3 Å². The first-order chi connectivity index (χ1) is 13.5. The third-order valence-electron chi connectivity index (χ3n) is 3.51. The van der Waals surface area contributed by atoms with Crippen molar-refractivity contribution in [2.45, 2.75) is 6.54 Å². The average Bonchev–Trinajstić information content (AvgIpc) is 2.69. The van der Waals surface area contributed by atoms with Gasteiger partial charge in [0.1, 0.15) is 5.56 Å². The smallest absolute Gasteiger partial charge is 0.445 e. The minimum Gasteiger partial charge on any atom is -0.445 e. The number of hydrogen-bond acceptors (Lipinski definition) is 5. The van der Waals surface area contributed by atoms with Crippen molar-refractivity contribution in [3.63, 3.8) is 0 Å². The van der Waals surface area contributed by atoms with Crippen LogP contribution in [0.25, 0.3) is 5.78 Å². The molecule has 1 aromatic carbocycles. The van der Waals surface area contributed by atoms with Crippen LogP contribution in [0.4, 0.5) is 0 Å². The summed E-state index contributed by atoms with van der Waals surface area (Å²) in [5.41, 5.74) is 0.893. The van der Waals surface area contributed by atoms with E-state index in [4.69, 9.17) is 11.6 Å². The molecule has 2 heterocycles. The van der Waals surface area contributed by atoms with Crippen LogP contribution in [-0.2, 0) is 44.0 Å². The average molecular weight is 489 g/mol. The quantitative estimate of drug-likeness (QED) is 0.558. The second-order valence-electron chi connectivity index (χ2n) is 5.53. The van der Waals surface area contributed by atoms with Crippen LogP contribution in [0.15, 0.2) is 47.7 Å². The molecular formula is C20H20ClN4O3Y. The summed E-state index contributed by atoms with van der Waals surface area (Å²) in [6.07, 6.45) is 4.22. The van der Waals surface area contributed by atoms with Gasteiger partial charge in [-0.2, -0.15) is 12.5 Å². The van der Waals surface area contributed by atoms with Crippen LogP contribution >= 0.6 is 11.6 Å². The third kappa shape index (κ3) is 7.51. The predicted octanol–water partition coefficient (Wildman–Crippen LogP) is 2.52. The number of aromatic nitrogens is 3. The van der Waals surface area contributed by atoms with Gasteiger partial charge in [0.05, 0.1) is 0 Å². The maximum Gasteiger partial charge on any atom is 3.00 e. The van der Waals surface area contributed by atoms with Crippen molar-refractivity contribution in [1.82, 2.24) is 19.7 Å². The zero-order valence-electron chi connectivity index (χ0n) is 15.8. The number of amides is 1. The molecule has 0 bridgehead atoms. The van der Waals surface area contributed by atoms with E-state index in [1.165, 1.54) is 23.0 Å². The monoisotopic (exact) mass is 488 g/mol. The molecule has 0 aliphatic heterocycles. The van der Waals surface area contributed by atoms with Gasteiger partial charge in [-0.3, -0.25) is 14.6 Å². The molecule has 7 nitrogen and oxygen atoms in total. The van der Waals surface area contributed by atoms with E-state index in [1.54, 1.807) is 24.3 Å². The van der Waals surface area contributed by atoms with Crippen molar-refractivity contribution in [3.8, 4) is 0 Å². The van der Waals surface area contributed by atoms with E-state index in [2.05, 4.69) is 40.8 Å². The molecule has 0 aliphatic carbocycles. The van der Waals surface area contributed by atoms with Crippen LogP contribution in [0.2, 0.25) is 5.02 Å². The molecule has 0 radical (unpaired) electrons. The number of nitrogens with zero attached hydrogens (tertiary/aromatic N) is 3. The fraction of sp³-hybridized carbons (Fsp3) is 0.150. The minimum absolute atomic E-state index is 0. The number of halogens is 1. The first-order valence-corrected chi connectivity index (χ1v) is 8.72. The number of fused-ring (bicyclic) bond motifs is 1. The Balaban J connectivity index is 0.000000628. The summed E-state index contributed by atoms with van der Waals surface area (Å²) in [7, 11) is 0. The van der Waals surface area contributed by atoms with Gasteiger partial charge in [-0.15, -0.1) is 0 Å². The van der Waals surface area contributed by atoms with Crippen molar-refractivity contribution < 1.29 is 42.2 Å². The van der Waals surface area contributed by atoms with Crippen molar-refractivity contribution in [2.75, 3.05) is 13.2 Å². The minimum atomic E-state index is -0.499. The zero-order chi connectivity index (χ0) is 20.5. The Morgan fingerprint density at radius 1 is 1.14 bits per heavy atom. The van der Waals surface area contributed by atoms with E-state index >= 15 is 0 Å². The number of rotatable bonds is 5. The molecule has 1 amide bonds. The Labute approximate surface area is 199 Å². The summed E-state index contributed by atoms with van der Waals surface area (Å²) in [6, 6.07) is 7.06. The second kappa shape index (κ2) is 12.7. The molecule has 1 N–H and O–H groups in total. The first-order valence-electron chi connectivity index (χ1n) is 8.34. The molecule has 0 aliphatic rings. The molecule has 0 saturated carbocycles. The van der Waals surface area contributed by atoms with Crippen LogP contribution < -0.4 is 10.9 Å². The number of carbonyl (C=O) groups excluding carboxylic acids is 1. The van der Waals surface area contributed by atoms with E-state index in [0.29, 0.717) is 23.8 Å². The van der Waals surface area contributed by atoms with E-state index < -0.39 is 11.5 Å². The Kier molecular flexibility index (Phi) is 11.1. The second-order valence-corrected chi connectivity index (χ2v) is 5.97. The van der Waals surface area contributed by atoms with Crippen molar-refractivity contribution in [3.05, 3.63) is 95.7 Å². The molecule has 0 saturated heterocycles. The Hall–Kier alpha value is -1.80. The summed E-state index contributed by atoms with van der Waals surface area (Å²) in [6.45, 7) is 11.9. The number of ether oxygens (including phenoxy) is 1. The maximum absolute atomic E-state index is 12.4. The van der Waals surface area contributed by atoms with Crippen molar-refractivity contribution in [1.29, 1.82) is 0 Å². The Morgan fingerprint density at radius 2 is 1.76 bits per heavy atom. The van der Waals surface area contributed by atoms with E-state index in [-0.39, 0.29) is 50.6 Å². The van der Waals surface area contributed by atoms with Gasteiger partial charge >= 0.3 is 32.7 Å². The SMILES string of the molecule is [CH2-]COC[CH2-].[CH2-]c1cnc2ncc(C(=O)NCc3ccc(Cl)cc3)c(=O)n2c1.[Y+3]. The molecular weight excluding hydrogens is 469 g/mol. The first kappa shape index (κ1) is 25.2. The van der Waals surface area contributed by atoms with Crippen molar-refractivity contribution in [2.24, 2.45) is 0 Å². The topological polar surface area (TPSA) is 85.6 Å². The standard InChI is InChI=1S/C16H12ClN4O2.C4H8O.Y/c1-10-6-19-16-20-8-13(15(23)21(16)9-10)14(22)18-7-11-2-4-12(17)5-3-11;1-3-5-4-2;/h2-6,8-9H,1,7H2,(H,18,22);1-4H2;/q-1;-2;+3. The number of carbonyl (C=O) groups is 1. The van der Waals surface area contributed by atoms with Gasteiger partial charge in [0.25, 0.3) is 11.5 Å². The van der Waals surface area contributed by atoms with Crippen LogP contribution in [0.5, 0.6) is 0 Å². The van der Waals surface area contributed by atoms with Gasteiger partial charge in [0.15, 0.2) is 0 Å². The van der Waals surface area contributed by atoms with Gasteiger partial charge in [-0.25, -0.2) is 4.98 Å². The van der Waals surface area contributed by atoms with E-state index in [1.807, 2.05) is 0 Å². The van der Waals surface area contributed by atoms with E-state index in [9.17, 15) is 9.59 Å². The zero-order valence-corrected chi connectivity index (χ0v) is 19.4. The van der Waals surface area contributed by atoms with Gasteiger partial charge in [-0.1, -0.05) is 49.3 Å². The molecule has 2 aromatic heterocycles. The van der Waals surface area contributed by atoms with E-state index in [0.717, 1.165) is 5.56 Å². The summed E-state index contributed by atoms with van der Waals surface area (Å²) in [5.74, 6) is -0.280. The third-order valence-corrected chi connectivity index (χ3v) is 3.77. The molecule has 0 fully saturated rings. The maximum atomic E-state index is 12.4. The van der Waals surface area contributed by atoms with Crippen LogP contribution in [0.1, 0.15) is 21.5 Å². The fourth-order valence-electron chi connectivity index (χ4n) is 2.15. The Morgan fingerprint density at radius 3 is 2.34 bits per heavy atom. The Bertz CT molecular complexity index is 991. The van der Waals surface area contributed by atoms with Gasteiger partial charge in [0.2, 0.25) is 5.78 Å². The van der Waals surface area contributed by atoms with Gasteiger partial charge in [0, 0.05) is 17.8 Å². The molecule has 3 aromatic rings. The summed E-state index contributed by atoms with van der Waals surface area (Å²) in [5, 5.41) is 3.30. The largest absolute Gasteiger partial charge is 3.00 e. The molecule has 0 spiro atoms. The van der Waals surface area contributed by atoms with Crippen LogP contribution in [-0.4, -0.2) is 33.5 Å². The molecule has 0 unspecified atom stereocenters. The molecule has 29 heavy (non-hydrogen) atoms. The van der Waals surface area contributed by atoms with Crippen LogP contribution in [0.3, 0.4) is 0 Å². The van der Waals surface area contributed by atoms with Gasteiger partial charge in [-0.05, 0) is 17.7 Å². The number of benzene rings is 1. The molecule has 9 heteroatoms.